The molecular weight excluding hydrogens is 769 g/mol. The summed E-state index contributed by atoms with van der Waals surface area (Å²) in [6, 6.07) is 0. The Bertz CT molecular complexity index is 947. The minimum atomic E-state index is -0.762. The quantitative estimate of drug-likeness (QED) is 0.0344. The van der Waals surface area contributed by atoms with Crippen LogP contribution >= 0.6 is 0 Å². The van der Waals surface area contributed by atoms with Crippen molar-refractivity contribution in [2.45, 2.75) is 317 Å². The van der Waals surface area contributed by atoms with E-state index in [0.717, 1.165) is 69.6 Å². The van der Waals surface area contributed by atoms with Crippen LogP contribution in [0.15, 0.2) is 0 Å². The smallest absolute Gasteiger partial charge is 0.306 e. The zero-order chi connectivity index (χ0) is 45.4. The van der Waals surface area contributed by atoms with Crippen molar-refractivity contribution in [2.24, 2.45) is 11.8 Å². The number of rotatable bonds is 50. The topological polar surface area (TPSA) is 78.9 Å². The molecule has 0 unspecified atom stereocenters. The van der Waals surface area contributed by atoms with Crippen LogP contribution in [0.1, 0.15) is 311 Å². The summed E-state index contributed by atoms with van der Waals surface area (Å²) in [5.41, 5.74) is 0. The third-order valence-corrected chi connectivity index (χ3v) is 12.7. The average molecular weight is 877 g/mol. The lowest BCUT2D eigenvalue weighted by Gasteiger charge is -2.18. The standard InChI is InChI=1S/C56H108O6/c1-6-7-8-9-10-11-12-13-14-15-21-26-31-36-41-46-54(57)60-49-53(50-61-55(58)47-42-37-32-27-23-18-20-25-30-35-40-45-52(4)5)62-56(59)48-43-38-33-28-22-17-16-19-24-29-34-39-44-51(2)3/h51-53H,6-50H2,1-5H3/t53-/m1/s1. The summed E-state index contributed by atoms with van der Waals surface area (Å²) in [6.07, 6.45) is 50.9. The summed E-state index contributed by atoms with van der Waals surface area (Å²) in [5, 5.41) is 0. The lowest BCUT2D eigenvalue weighted by atomic mass is 10.0. The van der Waals surface area contributed by atoms with Gasteiger partial charge in [0, 0.05) is 19.3 Å². The van der Waals surface area contributed by atoms with Gasteiger partial charge in [0.1, 0.15) is 13.2 Å². The molecule has 0 N–H and O–H groups in total. The lowest BCUT2D eigenvalue weighted by Crippen LogP contribution is -2.30. The van der Waals surface area contributed by atoms with Gasteiger partial charge in [-0.05, 0) is 31.1 Å². The largest absolute Gasteiger partial charge is 0.462 e. The molecule has 0 aromatic rings. The minimum absolute atomic E-state index is 0.0630. The fourth-order valence-electron chi connectivity index (χ4n) is 8.52. The highest BCUT2D eigenvalue weighted by Crippen LogP contribution is 2.18. The summed E-state index contributed by atoms with van der Waals surface area (Å²) in [4.78, 5) is 38.1. The SMILES string of the molecule is CCCCCCCCCCCCCCCCCC(=O)OC[C@H](COC(=O)CCCCCCCCCCCCCC(C)C)OC(=O)CCCCCCCCCCCCCCC(C)C. The molecule has 0 aliphatic heterocycles. The molecule has 0 saturated heterocycles. The Hall–Kier alpha value is -1.59. The Morgan fingerprint density at radius 1 is 0.306 bits per heavy atom. The second-order valence-corrected chi connectivity index (χ2v) is 20.2. The Morgan fingerprint density at radius 3 is 0.790 bits per heavy atom. The number of carbonyl (C=O) groups is 3. The molecule has 0 amide bonds. The van der Waals surface area contributed by atoms with E-state index in [1.807, 2.05) is 0 Å². The molecule has 0 spiro atoms. The van der Waals surface area contributed by atoms with E-state index >= 15 is 0 Å². The first-order chi connectivity index (χ1) is 30.2. The van der Waals surface area contributed by atoms with E-state index in [9.17, 15) is 14.4 Å². The summed E-state index contributed by atoms with van der Waals surface area (Å²) in [7, 11) is 0. The Morgan fingerprint density at radius 2 is 0.532 bits per heavy atom. The summed E-state index contributed by atoms with van der Waals surface area (Å²) in [5.74, 6) is 0.816. The predicted octanol–water partition coefficient (Wildman–Crippen LogP) is 18.1. The van der Waals surface area contributed by atoms with E-state index in [4.69, 9.17) is 14.2 Å². The fourth-order valence-corrected chi connectivity index (χ4v) is 8.52. The molecule has 62 heavy (non-hydrogen) atoms. The average Bonchev–Trinajstić information content (AvgIpc) is 3.24. The molecule has 368 valence electrons. The van der Waals surface area contributed by atoms with E-state index in [2.05, 4.69) is 34.6 Å². The number of ether oxygens (including phenoxy) is 3. The molecule has 0 aromatic heterocycles. The third-order valence-electron chi connectivity index (χ3n) is 12.7. The molecule has 0 fully saturated rings. The van der Waals surface area contributed by atoms with Gasteiger partial charge in [-0.3, -0.25) is 14.4 Å². The first-order valence-electron chi connectivity index (χ1n) is 27.7. The normalized spacial score (nSPS) is 12.0. The number of hydrogen-bond acceptors (Lipinski definition) is 6. The van der Waals surface area contributed by atoms with Gasteiger partial charge in [-0.25, -0.2) is 0 Å². The highest BCUT2D eigenvalue weighted by atomic mass is 16.6. The van der Waals surface area contributed by atoms with E-state index < -0.39 is 6.10 Å². The van der Waals surface area contributed by atoms with Crippen molar-refractivity contribution in [3.8, 4) is 0 Å². The van der Waals surface area contributed by atoms with Gasteiger partial charge >= 0.3 is 17.9 Å². The van der Waals surface area contributed by atoms with Gasteiger partial charge in [0.25, 0.3) is 0 Å². The van der Waals surface area contributed by atoms with E-state index in [1.54, 1.807) is 0 Å². The van der Waals surface area contributed by atoms with Crippen molar-refractivity contribution < 1.29 is 28.6 Å². The van der Waals surface area contributed by atoms with Gasteiger partial charge in [-0.15, -0.1) is 0 Å². The number of hydrogen-bond donors (Lipinski definition) is 0. The highest BCUT2D eigenvalue weighted by molar-refractivity contribution is 5.71. The van der Waals surface area contributed by atoms with Crippen molar-refractivity contribution in [1.29, 1.82) is 0 Å². The molecule has 0 aromatic carbocycles. The maximum atomic E-state index is 12.8. The van der Waals surface area contributed by atoms with Crippen molar-refractivity contribution >= 4 is 17.9 Å². The first-order valence-corrected chi connectivity index (χ1v) is 27.7. The molecule has 6 heteroatoms. The first kappa shape index (κ1) is 60.4. The Kier molecular flexibility index (Phi) is 47.6. The van der Waals surface area contributed by atoms with Crippen molar-refractivity contribution in [3.63, 3.8) is 0 Å². The Balaban J connectivity index is 4.31. The second-order valence-electron chi connectivity index (χ2n) is 20.2. The zero-order valence-corrected chi connectivity index (χ0v) is 42.5. The Labute approximate surface area is 387 Å². The van der Waals surface area contributed by atoms with Gasteiger partial charge in [-0.2, -0.15) is 0 Å². The van der Waals surface area contributed by atoms with Gasteiger partial charge in [0.05, 0.1) is 0 Å². The van der Waals surface area contributed by atoms with Crippen LogP contribution in [0.5, 0.6) is 0 Å². The van der Waals surface area contributed by atoms with E-state index in [1.165, 1.54) is 199 Å². The van der Waals surface area contributed by atoms with E-state index in [-0.39, 0.29) is 31.1 Å². The molecule has 0 radical (unpaired) electrons. The van der Waals surface area contributed by atoms with Crippen molar-refractivity contribution in [2.75, 3.05) is 13.2 Å². The van der Waals surface area contributed by atoms with Crippen molar-refractivity contribution in [1.82, 2.24) is 0 Å². The maximum absolute atomic E-state index is 12.8. The number of unbranched alkanes of at least 4 members (excludes halogenated alkanes) is 35. The van der Waals surface area contributed by atoms with Crippen LogP contribution in [-0.2, 0) is 28.6 Å². The highest BCUT2D eigenvalue weighted by Gasteiger charge is 2.19. The minimum Gasteiger partial charge on any atom is -0.462 e. The molecule has 0 heterocycles. The fraction of sp³-hybridized carbons (Fsp3) is 0.946. The molecule has 6 nitrogen and oxygen atoms in total. The van der Waals surface area contributed by atoms with Crippen LogP contribution in [0.4, 0.5) is 0 Å². The number of carbonyl (C=O) groups excluding carboxylic acids is 3. The molecule has 0 aliphatic carbocycles. The van der Waals surface area contributed by atoms with Gasteiger partial charge in [0.2, 0.25) is 0 Å². The second kappa shape index (κ2) is 48.9. The molecule has 0 rings (SSSR count). The maximum Gasteiger partial charge on any atom is 0.306 e. The molecule has 0 bridgehead atoms. The molecular formula is C56H108O6. The monoisotopic (exact) mass is 877 g/mol. The van der Waals surface area contributed by atoms with Crippen LogP contribution in [0.2, 0.25) is 0 Å². The molecule has 0 aliphatic rings. The summed E-state index contributed by atoms with van der Waals surface area (Å²) >= 11 is 0. The van der Waals surface area contributed by atoms with Crippen LogP contribution in [0.3, 0.4) is 0 Å². The molecule has 0 saturated carbocycles. The van der Waals surface area contributed by atoms with Gasteiger partial charge < -0.3 is 14.2 Å². The van der Waals surface area contributed by atoms with Crippen molar-refractivity contribution in [3.05, 3.63) is 0 Å². The van der Waals surface area contributed by atoms with Crippen LogP contribution in [0, 0.1) is 11.8 Å². The number of esters is 3. The van der Waals surface area contributed by atoms with Gasteiger partial charge in [-0.1, -0.05) is 272 Å². The lowest BCUT2D eigenvalue weighted by molar-refractivity contribution is -0.167. The third kappa shape index (κ3) is 49.4. The van der Waals surface area contributed by atoms with Gasteiger partial charge in [0.15, 0.2) is 6.10 Å². The van der Waals surface area contributed by atoms with Crippen LogP contribution < -0.4 is 0 Å². The van der Waals surface area contributed by atoms with Crippen LogP contribution in [-0.4, -0.2) is 37.2 Å². The predicted molar refractivity (Wildman–Crippen MR) is 266 cm³/mol. The summed E-state index contributed by atoms with van der Waals surface area (Å²) in [6.45, 7) is 11.4. The van der Waals surface area contributed by atoms with E-state index in [0.29, 0.717) is 19.3 Å². The van der Waals surface area contributed by atoms with Crippen LogP contribution in [0.25, 0.3) is 0 Å². The summed E-state index contributed by atoms with van der Waals surface area (Å²) < 4.78 is 16.9. The zero-order valence-electron chi connectivity index (χ0n) is 42.5. The molecule has 1 atom stereocenters.